The molecule has 1 fully saturated rings. The lowest BCUT2D eigenvalue weighted by Crippen LogP contribution is -2.45. The molecule has 0 spiro atoms. The Hall–Kier alpha value is -2.23. The molecule has 0 unspecified atom stereocenters. The summed E-state index contributed by atoms with van der Waals surface area (Å²) >= 11 is 0. The van der Waals surface area contributed by atoms with E-state index in [-0.39, 0.29) is 11.0 Å². The molecule has 3 rings (SSSR count). The van der Waals surface area contributed by atoms with Crippen molar-refractivity contribution in [1.82, 2.24) is 5.32 Å². The maximum Gasteiger partial charge on any atom is 0.254 e. The number of hydrogen-bond donors (Lipinski definition) is 1. The van der Waals surface area contributed by atoms with Gasteiger partial charge in [-0.2, -0.15) is 0 Å². The second-order valence-electron chi connectivity index (χ2n) is 5.78. The van der Waals surface area contributed by atoms with Gasteiger partial charge in [0.2, 0.25) is 0 Å². The molecule has 1 saturated carbocycles. The van der Waals surface area contributed by atoms with Crippen LogP contribution in [0.15, 0.2) is 48.5 Å². The van der Waals surface area contributed by atoms with Crippen LogP contribution < -0.4 is 5.32 Å². The minimum atomic E-state index is -1.10. The van der Waals surface area contributed by atoms with Crippen molar-refractivity contribution in [1.29, 1.82) is 0 Å². The smallest absolute Gasteiger partial charge is 0.254 e. The van der Waals surface area contributed by atoms with Gasteiger partial charge in [-0.3, -0.25) is 4.79 Å². The number of carbonyl (C=O) groups excluding carboxylic acids is 1. The molecule has 0 atom stereocenters. The third-order valence-corrected chi connectivity index (χ3v) is 4.48. The van der Waals surface area contributed by atoms with Crippen LogP contribution in [0.2, 0.25) is 0 Å². The first kappa shape index (κ1) is 14.7. The van der Waals surface area contributed by atoms with Crippen LogP contribution in [0.4, 0.5) is 8.78 Å². The van der Waals surface area contributed by atoms with Crippen LogP contribution in [0.3, 0.4) is 0 Å². The summed E-state index contributed by atoms with van der Waals surface area (Å²) in [4.78, 5) is 12.1. The van der Waals surface area contributed by atoms with Crippen molar-refractivity contribution in [3.05, 3.63) is 71.3 Å². The fourth-order valence-corrected chi connectivity index (χ4v) is 2.99. The summed E-state index contributed by atoms with van der Waals surface area (Å²) in [5.41, 5.74) is 0.851. The molecule has 1 amide bonds. The Labute approximate surface area is 128 Å². The van der Waals surface area contributed by atoms with E-state index >= 15 is 0 Å². The van der Waals surface area contributed by atoms with Crippen molar-refractivity contribution < 1.29 is 13.6 Å². The second-order valence-corrected chi connectivity index (χ2v) is 5.78. The van der Waals surface area contributed by atoms with E-state index in [0.29, 0.717) is 6.54 Å². The van der Waals surface area contributed by atoms with E-state index in [1.54, 1.807) is 0 Å². The van der Waals surface area contributed by atoms with Gasteiger partial charge >= 0.3 is 0 Å². The van der Waals surface area contributed by atoms with E-state index < -0.39 is 17.5 Å². The molecule has 1 aliphatic carbocycles. The van der Waals surface area contributed by atoms with E-state index in [0.717, 1.165) is 25.3 Å². The van der Waals surface area contributed by atoms with Gasteiger partial charge in [0.25, 0.3) is 5.91 Å². The first-order chi connectivity index (χ1) is 10.6. The lowest BCUT2D eigenvalue weighted by molar-refractivity contribution is 0.0922. The SMILES string of the molecule is O=C(NCC1(c2ccccc2)CCC1)c1cccc(F)c1F. The minimum absolute atomic E-state index is 0.0826. The van der Waals surface area contributed by atoms with E-state index in [9.17, 15) is 13.6 Å². The molecule has 2 aromatic carbocycles. The monoisotopic (exact) mass is 301 g/mol. The number of nitrogens with one attached hydrogen (secondary N) is 1. The van der Waals surface area contributed by atoms with Crippen LogP contribution in [-0.2, 0) is 5.41 Å². The zero-order chi connectivity index (χ0) is 15.6. The van der Waals surface area contributed by atoms with Crippen molar-refractivity contribution in [3.63, 3.8) is 0 Å². The Morgan fingerprint density at radius 1 is 1.05 bits per heavy atom. The lowest BCUT2D eigenvalue weighted by atomic mass is 9.64. The Balaban J connectivity index is 1.74. The van der Waals surface area contributed by atoms with Crippen LogP contribution in [0, 0.1) is 11.6 Å². The van der Waals surface area contributed by atoms with Gasteiger partial charge in [0.05, 0.1) is 5.56 Å². The highest BCUT2D eigenvalue weighted by Crippen LogP contribution is 2.43. The highest BCUT2D eigenvalue weighted by atomic mass is 19.2. The highest BCUT2D eigenvalue weighted by molar-refractivity contribution is 5.94. The van der Waals surface area contributed by atoms with E-state index in [2.05, 4.69) is 5.32 Å². The number of carbonyl (C=O) groups is 1. The molecule has 0 aliphatic heterocycles. The molecule has 2 aromatic rings. The van der Waals surface area contributed by atoms with Crippen molar-refractivity contribution in [2.45, 2.75) is 24.7 Å². The minimum Gasteiger partial charge on any atom is -0.351 e. The molecule has 0 heterocycles. The van der Waals surface area contributed by atoms with Crippen molar-refractivity contribution in [2.24, 2.45) is 0 Å². The molecule has 22 heavy (non-hydrogen) atoms. The largest absolute Gasteiger partial charge is 0.351 e. The summed E-state index contributed by atoms with van der Waals surface area (Å²) < 4.78 is 26.9. The molecule has 1 aliphatic rings. The second kappa shape index (κ2) is 5.87. The first-order valence-corrected chi connectivity index (χ1v) is 7.40. The van der Waals surface area contributed by atoms with Crippen molar-refractivity contribution in [3.8, 4) is 0 Å². The molecule has 2 nitrogen and oxygen atoms in total. The van der Waals surface area contributed by atoms with E-state index in [4.69, 9.17) is 0 Å². The predicted octanol–water partition coefficient (Wildman–Crippen LogP) is 3.82. The number of hydrogen-bond acceptors (Lipinski definition) is 1. The average Bonchev–Trinajstić information content (AvgIpc) is 2.50. The van der Waals surface area contributed by atoms with Crippen LogP contribution in [0.5, 0.6) is 0 Å². The van der Waals surface area contributed by atoms with E-state index in [1.807, 2.05) is 30.3 Å². The Morgan fingerprint density at radius 2 is 1.77 bits per heavy atom. The van der Waals surface area contributed by atoms with Crippen molar-refractivity contribution >= 4 is 5.91 Å². The summed E-state index contributed by atoms with van der Waals surface area (Å²) in [6.45, 7) is 0.436. The standard InChI is InChI=1S/C18H17F2NO/c19-15-9-4-8-14(16(15)20)17(22)21-12-18(10-5-11-18)13-6-2-1-3-7-13/h1-4,6-9H,5,10-12H2,(H,21,22). The van der Waals surface area contributed by atoms with Gasteiger partial charge in [-0.25, -0.2) is 8.78 Å². The number of amides is 1. The molecule has 0 saturated heterocycles. The fraction of sp³-hybridized carbons (Fsp3) is 0.278. The molecule has 4 heteroatoms. The summed E-state index contributed by atoms with van der Waals surface area (Å²) in [7, 11) is 0. The quantitative estimate of drug-likeness (QED) is 0.914. The van der Waals surface area contributed by atoms with Gasteiger partial charge in [0.15, 0.2) is 11.6 Å². The highest BCUT2D eigenvalue weighted by Gasteiger charge is 2.38. The van der Waals surface area contributed by atoms with Crippen molar-refractivity contribution in [2.75, 3.05) is 6.54 Å². The summed E-state index contributed by atoms with van der Waals surface area (Å²) in [5.74, 6) is -2.67. The van der Waals surface area contributed by atoms with Crippen LogP contribution in [0.1, 0.15) is 35.2 Å². The topological polar surface area (TPSA) is 29.1 Å². The maximum atomic E-state index is 13.7. The Bertz CT molecular complexity index is 681. The zero-order valence-corrected chi connectivity index (χ0v) is 12.1. The molecule has 0 radical (unpaired) electrons. The van der Waals surface area contributed by atoms with Gasteiger partial charge in [-0.05, 0) is 30.5 Å². The Kier molecular flexibility index (Phi) is 3.92. The summed E-state index contributed by atoms with van der Waals surface area (Å²) in [6, 6.07) is 13.6. The molecule has 114 valence electrons. The molecular weight excluding hydrogens is 284 g/mol. The summed E-state index contributed by atoms with van der Waals surface area (Å²) in [5, 5.41) is 2.76. The van der Waals surface area contributed by atoms with E-state index in [1.165, 1.54) is 17.7 Å². The predicted molar refractivity (Wildman–Crippen MR) is 80.7 cm³/mol. The van der Waals surface area contributed by atoms with Gasteiger partial charge in [-0.1, -0.05) is 42.8 Å². The van der Waals surface area contributed by atoms with Crippen LogP contribution in [0.25, 0.3) is 0 Å². The summed E-state index contributed by atoms with van der Waals surface area (Å²) in [6.07, 6.45) is 3.09. The third kappa shape index (κ3) is 2.61. The van der Waals surface area contributed by atoms with Gasteiger partial charge in [0.1, 0.15) is 0 Å². The van der Waals surface area contributed by atoms with Gasteiger partial charge in [-0.15, -0.1) is 0 Å². The zero-order valence-electron chi connectivity index (χ0n) is 12.1. The van der Waals surface area contributed by atoms with Gasteiger partial charge < -0.3 is 5.32 Å². The maximum absolute atomic E-state index is 13.7. The molecular formula is C18H17F2NO. The van der Waals surface area contributed by atoms with Crippen LogP contribution >= 0.6 is 0 Å². The number of halogens is 2. The third-order valence-electron chi connectivity index (χ3n) is 4.48. The molecule has 1 N–H and O–H groups in total. The normalized spacial score (nSPS) is 15.9. The molecule has 0 aromatic heterocycles. The Morgan fingerprint density at radius 3 is 2.41 bits per heavy atom. The number of rotatable bonds is 4. The van der Waals surface area contributed by atoms with Gasteiger partial charge in [0, 0.05) is 12.0 Å². The molecule has 0 bridgehead atoms. The number of benzene rings is 2. The average molecular weight is 301 g/mol. The first-order valence-electron chi connectivity index (χ1n) is 7.40. The fourth-order valence-electron chi connectivity index (χ4n) is 2.99. The van der Waals surface area contributed by atoms with Crippen LogP contribution in [-0.4, -0.2) is 12.5 Å². The lowest BCUT2D eigenvalue weighted by Gasteiger charge is -2.42.